The van der Waals surface area contributed by atoms with Gasteiger partial charge >= 0.3 is 0 Å². The molecule has 2 rings (SSSR count). The van der Waals surface area contributed by atoms with Crippen LogP contribution in [-0.2, 0) is 0 Å². The maximum absolute atomic E-state index is 10.7. The number of nitro groups is 1. The number of rotatable bonds is 3. The lowest BCUT2D eigenvalue weighted by Gasteiger charge is -2.09. The van der Waals surface area contributed by atoms with E-state index in [0.29, 0.717) is 15.1 Å². The molecule has 0 aromatic heterocycles. The van der Waals surface area contributed by atoms with E-state index in [1.165, 1.54) is 12.1 Å². The fourth-order valence-corrected chi connectivity index (χ4v) is 2.68. The molecule has 0 atom stereocenters. The number of halogens is 2. The van der Waals surface area contributed by atoms with Gasteiger partial charge in [0.05, 0.1) is 13.0 Å². The van der Waals surface area contributed by atoms with Crippen LogP contribution in [0, 0.1) is 20.6 Å². The first-order valence-electron chi connectivity index (χ1n) is 5.35. The summed E-state index contributed by atoms with van der Waals surface area (Å²) in [7, 11) is 0. The van der Waals surface area contributed by atoms with E-state index in [1.807, 2.05) is 47.7 Å². The predicted octanol–water partition coefficient (Wildman–Crippen LogP) is 5.06. The maximum Gasteiger partial charge on any atom is 0.270 e. The second kappa shape index (κ2) is 5.87. The Morgan fingerprint density at radius 1 is 1.21 bits per heavy atom. The predicted molar refractivity (Wildman–Crippen MR) is 84.8 cm³/mol. The molecule has 2 aromatic carbocycles. The summed E-state index contributed by atoms with van der Waals surface area (Å²) in [6.45, 7) is 1.99. The molecule has 0 aliphatic heterocycles. The monoisotopic (exact) mass is 433 g/mol. The number of nitro benzene ring substituents is 1. The number of non-ortho nitro benzene ring substituents is 1. The Kier molecular flexibility index (Phi) is 4.41. The van der Waals surface area contributed by atoms with Crippen molar-refractivity contribution < 1.29 is 9.66 Å². The second-order valence-corrected chi connectivity index (χ2v) is 5.92. The van der Waals surface area contributed by atoms with Crippen LogP contribution in [0.5, 0.6) is 11.5 Å². The lowest BCUT2D eigenvalue weighted by molar-refractivity contribution is -0.385. The summed E-state index contributed by atoms with van der Waals surface area (Å²) >= 11 is 5.45. The standard InChI is InChI=1S/C13H9BrINO3/c1-8-2-4-12(10(14)6-8)19-13-5-3-9(16(17)18)7-11(13)15/h2-7H,1H3. The maximum atomic E-state index is 10.7. The quantitative estimate of drug-likeness (QED) is 0.386. The average molecular weight is 434 g/mol. The van der Waals surface area contributed by atoms with Crippen LogP contribution >= 0.6 is 38.5 Å². The molecule has 0 aliphatic carbocycles. The minimum atomic E-state index is -0.423. The zero-order valence-electron chi connectivity index (χ0n) is 9.89. The Hall–Kier alpha value is -1.15. The van der Waals surface area contributed by atoms with Gasteiger partial charge in [-0.25, -0.2) is 0 Å². The highest BCUT2D eigenvalue weighted by atomic mass is 127. The molecule has 2 aromatic rings. The van der Waals surface area contributed by atoms with Crippen LogP contribution < -0.4 is 4.74 Å². The zero-order chi connectivity index (χ0) is 14.0. The minimum absolute atomic E-state index is 0.0553. The molecule has 4 nitrogen and oxygen atoms in total. The second-order valence-electron chi connectivity index (χ2n) is 3.91. The van der Waals surface area contributed by atoms with Gasteiger partial charge in [0, 0.05) is 12.1 Å². The Bertz CT molecular complexity index is 646. The van der Waals surface area contributed by atoms with E-state index in [9.17, 15) is 10.1 Å². The van der Waals surface area contributed by atoms with Gasteiger partial charge in [-0.15, -0.1) is 0 Å². The average Bonchev–Trinajstić information content (AvgIpc) is 2.34. The van der Waals surface area contributed by atoms with Gasteiger partial charge in [0.2, 0.25) is 0 Å². The number of hydrogen-bond acceptors (Lipinski definition) is 3. The SMILES string of the molecule is Cc1ccc(Oc2ccc([N+](=O)[O-])cc2I)c(Br)c1. The van der Waals surface area contributed by atoms with Gasteiger partial charge in [0.25, 0.3) is 5.69 Å². The van der Waals surface area contributed by atoms with Gasteiger partial charge in [-0.1, -0.05) is 6.07 Å². The van der Waals surface area contributed by atoms with E-state index in [-0.39, 0.29) is 5.69 Å². The normalized spacial score (nSPS) is 10.3. The van der Waals surface area contributed by atoms with Crippen LogP contribution in [0.1, 0.15) is 5.56 Å². The summed E-state index contributed by atoms with van der Waals surface area (Å²) < 4.78 is 7.30. The van der Waals surface area contributed by atoms with Crippen LogP contribution in [0.25, 0.3) is 0 Å². The lowest BCUT2D eigenvalue weighted by atomic mass is 10.2. The summed E-state index contributed by atoms with van der Waals surface area (Å²) in [5.74, 6) is 1.27. The number of hydrogen-bond donors (Lipinski definition) is 0. The van der Waals surface area contributed by atoms with Crippen molar-refractivity contribution in [3.63, 3.8) is 0 Å². The van der Waals surface area contributed by atoms with Crippen LogP contribution in [0.4, 0.5) is 5.69 Å². The smallest absolute Gasteiger partial charge is 0.270 e. The van der Waals surface area contributed by atoms with Gasteiger partial charge in [-0.05, 0) is 69.2 Å². The van der Waals surface area contributed by atoms with Crippen molar-refractivity contribution in [3.8, 4) is 11.5 Å². The molecule has 19 heavy (non-hydrogen) atoms. The van der Waals surface area contributed by atoms with E-state index >= 15 is 0 Å². The van der Waals surface area contributed by atoms with Crippen molar-refractivity contribution in [3.05, 3.63) is 60.1 Å². The van der Waals surface area contributed by atoms with Crippen LogP contribution in [0.15, 0.2) is 40.9 Å². The summed E-state index contributed by atoms with van der Waals surface area (Å²) in [6, 6.07) is 10.3. The zero-order valence-corrected chi connectivity index (χ0v) is 13.6. The summed E-state index contributed by atoms with van der Waals surface area (Å²) in [4.78, 5) is 10.2. The molecule has 0 N–H and O–H groups in total. The van der Waals surface area contributed by atoms with Gasteiger partial charge in [0.15, 0.2) is 0 Å². The topological polar surface area (TPSA) is 52.4 Å². The molecule has 0 aliphatic rings. The molecule has 6 heteroatoms. The Balaban J connectivity index is 2.31. The Labute approximate surface area is 132 Å². The lowest BCUT2D eigenvalue weighted by Crippen LogP contribution is -1.92. The highest BCUT2D eigenvalue weighted by molar-refractivity contribution is 14.1. The van der Waals surface area contributed by atoms with Gasteiger partial charge < -0.3 is 4.74 Å². The highest BCUT2D eigenvalue weighted by Crippen LogP contribution is 2.34. The number of ether oxygens (including phenoxy) is 1. The minimum Gasteiger partial charge on any atom is -0.455 e. The number of aryl methyl sites for hydroxylation is 1. The first-order chi connectivity index (χ1) is 8.97. The first kappa shape index (κ1) is 14.3. The molecular weight excluding hydrogens is 425 g/mol. The fraction of sp³-hybridized carbons (Fsp3) is 0.0769. The van der Waals surface area contributed by atoms with Crippen molar-refractivity contribution in [2.45, 2.75) is 6.92 Å². The molecular formula is C13H9BrINO3. The third-order valence-corrected chi connectivity index (χ3v) is 3.90. The van der Waals surface area contributed by atoms with E-state index in [0.717, 1.165) is 10.0 Å². The Morgan fingerprint density at radius 2 is 1.89 bits per heavy atom. The first-order valence-corrected chi connectivity index (χ1v) is 7.22. The van der Waals surface area contributed by atoms with Crippen LogP contribution in [0.2, 0.25) is 0 Å². The van der Waals surface area contributed by atoms with Crippen molar-refractivity contribution in [2.24, 2.45) is 0 Å². The number of benzene rings is 2. The van der Waals surface area contributed by atoms with E-state index in [1.54, 1.807) is 6.07 Å². The highest BCUT2D eigenvalue weighted by Gasteiger charge is 2.11. The van der Waals surface area contributed by atoms with Crippen molar-refractivity contribution in [2.75, 3.05) is 0 Å². The molecule has 0 saturated heterocycles. The molecule has 98 valence electrons. The molecule has 0 unspecified atom stereocenters. The summed E-state index contributed by atoms with van der Waals surface area (Å²) in [6.07, 6.45) is 0. The Morgan fingerprint density at radius 3 is 2.47 bits per heavy atom. The molecule has 0 bridgehead atoms. The summed E-state index contributed by atoms with van der Waals surface area (Å²) in [5, 5.41) is 10.7. The number of nitrogens with zero attached hydrogens (tertiary/aromatic N) is 1. The van der Waals surface area contributed by atoms with Gasteiger partial charge in [-0.2, -0.15) is 0 Å². The summed E-state index contributed by atoms with van der Waals surface area (Å²) in [5.41, 5.74) is 1.18. The van der Waals surface area contributed by atoms with Crippen LogP contribution in [0.3, 0.4) is 0 Å². The fourth-order valence-electron chi connectivity index (χ4n) is 1.49. The third kappa shape index (κ3) is 3.44. The van der Waals surface area contributed by atoms with E-state index in [4.69, 9.17) is 4.74 Å². The van der Waals surface area contributed by atoms with E-state index in [2.05, 4.69) is 15.9 Å². The van der Waals surface area contributed by atoms with Crippen LogP contribution in [-0.4, -0.2) is 4.92 Å². The molecule has 0 radical (unpaired) electrons. The molecule has 0 saturated carbocycles. The third-order valence-electron chi connectivity index (χ3n) is 2.43. The molecule has 0 spiro atoms. The van der Waals surface area contributed by atoms with E-state index < -0.39 is 4.92 Å². The largest absolute Gasteiger partial charge is 0.455 e. The van der Waals surface area contributed by atoms with Crippen molar-refractivity contribution >= 4 is 44.2 Å². The van der Waals surface area contributed by atoms with Gasteiger partial charge in [0.1, 0.15) is 11.5 Å². The van der Waals surface area contributed by atoms with Crippen molar-refractivity contribution in [1.82, 2.24) is 0 Å². The molecule has 0 fully saturated rings. The molecule has 0 heterocycles. The molecule has 0 amide bonds. The van der Waals surface area contributed by atoms with Gasteiger partial charge in [-0.3, -0.25) is 10.1 Å². The van der Waals surface area contributed by atoms with Crippen molar-refractivity contribution in [1.29, 1.82) is 0 Å².